The average molecular weight is 336 g/mol. The van der Waals surface area contributed by atoms with E-state index in [0.29, 0.717) is 22.0 Å². The SMILES string of the molecule is Cc1ccc(C(=O)[O-])cc1NC(=O)c1nn(C)c(=O)c2ccccc12. The van der Waals surface area contributed by atoms with Crippen molar-refractivity contribution in [1.82, 2.24) is 9.78 Å². The minimum atomic E-state index is -1.33. The summed E-state index contributed by atoms with van der Waals surface area (Å²) in [5.74, 6) is -1.87. The second-order valence-corrected chi connectivity index (χ2v) is 5.59. The van der Waals surface area contributed by atoms with Crippen molar-refractivity contribution in [2.45, 2.75) is 6.92 Å². The number of hydrogen-bond acceptors (Lipinski definition) is 5. The van der Waals surface area contributed by atoms with Gasteiger partial charge < -0.3 is 15.2 Å². The molecule has 0 aliphatic carbocycles. The van der Waals surface area contributed by atoms with Crippen LogP contribution in [0, 0.1) is 6.92 Å². The molecule has 0 saturated heterocycles. The van der Waals surface area contributed by atoms with Gasteiger partial charge in [-0.15, -0.1) is 0 Å². The van der Waals surface area contributed by atoms with Crippen LogP contribution in [0.1, 0.15) is 26.4 Å². The molecule has 0 atom stereocenters. The molecule has 0 spiro atoms. The van der Waals surface area contributed by atoms with Gasteiger partial charge in [0.25, 0.3) is 11.5 Å². The highest BCUT2D eigenvalue weighted by Crippen LogP contribution is 2.19. The molecular formula is C18H14N3O4-. The van der Waals surface area contributed by atoms with Crippen LogP contribution in [0.4, 0.5) is 5.69 Å². The Labute approximate surface area is 142 Å². The molecule has 0 bridgehead atoms. The zero-order chi connectivity index (χ0) is 18.1. The molecule has 0 saturated carbocycles. The van der Waals surface area contributed by atoms with Gasteiger partial charge in [0.15, 0.2) is 5.69 Å². The third-order valence-corrected chi connectivity index (χ3v) is 3.89. The lowest BCUT2D eigenvalue weighted by atomic mass is 10.1. The molecule has 7 heteroatoms. The number of aromatic carboxylic acids is 1. The predicted molar refractivity (Wildman–Crippen MR) is 90.4 cm³/mol. The summed E-state index contributed by atoms with van der Waals surface area (Å²) >= 11 is 0. The molecule has 1 amide bonds. The number of carbonyl (C=O) groups is 2. The van der Waals surface area contributed by atoms with E-state index >= 15 is 0 Å². The minimum Gasteiger partial charge on any atom is -0.545 e. The highest BCUT2D eigenvalue weighted by molar-refractivity contribution is 6.11. The van der Waals surface area contributed by atoms with Gasteiger partial charge in [-0.25, -0.2) is 4.68 Å². The summed E-state index contributed by atoms with van der Waals surface area (Å²) in [5, 5.41) is 18.5. The van der Waals surface area contributed by atoms with E-state index < -0.39 is 11.9 Å². The number of aryl methyl sites for hydroxylation is 2. The minimum absolute atomic E-state index is 0.0424. The predicted octanol–water partition coefficient (Wildman–Crippen LogP) is 0.858. The molecule has 0 radical (unpaired) electrons. The number of fused-ring (bicyclic) bond motifs is 1. The summed E-state index contributed by atoms with van der Waals surface area (Å²) in [6.45, 7) is 1.74. The molecule has 1 N–H and O–H groups in total. The van der Waals surface area contributed by atoms with Gasteiger partial charge in [-0.2, -0.15) is 5.10 Å². The summed E-state index contributed by atoms with van der Waals surface area (Å²) in [6, 6.07) is 11.0. The number of nitrogens with one attached hydrogen (secondary N) is 1. The molecular weight excluding hydrogens is 322 g/mol. The lowest BCUT2D eigenvalue weighted by molar-refractivity contribution is -0.255. The molecule has 1 aromatic heterocycles. The first-order valence-electron chi connectivity index (χ1n) is 7.48. The van der Waals surface area contributed by atoms with Crippen molar-refractivity contribution in [3.05, 3.63) is 69.6 Å². The fraction of sp³-hybridized carbons (Fsp3) is 0.111. The standard InChI is InChI=1S/C18H15N3O4/c1-10-7-8-11(18(24)25)9-14(10)19-16(22)15-12-5-3-4-6-13(12)17(23)21(2)20-15/h3-9H,1-2H3,(H,19,22)(H,24,25)/p-1. The maximum Gasteiger partial charge on any atom is 0.276 e. The topological polar surface area (TPSA) is 104 Å². The van der Waals surface area contributed by atoms with Gasteiger partial charge in [0.05, 0.1) is 11.4 Å². The van der Waals surface area contributed by atoms with Crippen LogP contribution < -0.4 is 16.0 Å². The molecule has 2 aromatic carbocycles. The fourth-order valence-electron chi connectivity index (χ4n) is 2.53. The van der Waals surface area contributed by atoms with Gasteiger partial charge in [-0.1, -0.05) is 30.3 Å². The van der Waals surface area contributed by atoms with Gasteiger partial charge in [-0.3, -0.25) is 9.59 Å². The average Bonchev–Trinajstić information content (AvgIpc) is 2.59. The summed E-state index contributed by atoms with van der Waals surface area (Å²) in [5.41, 5.74) is 0.760. The third kappa shape index (κ3) is 2.99. The lowest BCUT2D eigenvalue weighted by Crippen LogP contribution is -2.26. The first kappa shape index (κ1) is 16.4. The maximum atomic E-state index is 12.7. The molecule has 0 fully saturated rings. The second kappa shape index (κ2) is 6.20. The molecule has 0 aliphatic heterocycles. The number of carbonyl (C=O) groups excluding carboxylic acids is 2. The summed E-state index contributed by atoms with van der Waals surface area (Å²) in [7, 11) is 1.47. The fourth-order valence-corrected chi connectivity index (χ4v) is 2.53. The number of hydrogen-bond donors (Lipinski definition) is 1. The van der Waals surface area contributed by atoms with Crippen LogP contribution in [0.5, 0.6) is 0 Å². The Morgan fingerprint density at radius 3 is 2.48 bits per heavy atom. The van der Waals surface area contributed by atoms with Gasteiger partial charge >= 0.3 is 0 Å². The smallest absolute Gasteiger partial charge is 0.276 e. The van der Waals surface area contributed by atoms with Gasteiger partial charge in [0.2, 0.25) is 0 Å². The van der Waals surface area contributed by atoms with Gasteiger partial charge in [-0.05, 0) is 30.2 Å². The van der Waals surface area contributed by atoms with Crippen LogP contribution in [0.15, 0.2) is 47.3 Å². The molecule has 126 valence electrons. The first-order chi connectivity index (χ1) is 11.9. The molecule has 1 heterocycles. The largest absolute Gasteiger partial charge is 0.545 e. The summed E-state index contributed by atoms with van der Waals surface area (Å²) < 4.78 is 1.10. The normalized spacial score (nSPS) is 10.6. The number of carboxylic acid groups (broad SMARTS) is 1. The Bertz CT molecular complexity index is 1070. The van der Waals surface area contributed by atoms with Gasteiger partial charge in [0, 0.05) is 18.1 Å². The Kier molecular flexibility index (Phi) is 4.06. The van der Waals surface area contributed by atoms with Crippen LogP contribution in [-0.4, -0.2) is 21.7 Å². The van der Waals surface area contributed by atoms with E-state index in [1.807, 2.05) is 0 Å². The van der Waals surface area contributed by atoms with Crippen molar-refractivity contribution in [1.29, 1.82) is 0 Å². The zero-order valence-corrected chi connectivity index (χ0v) is 13.6. The number of aromatic nitrogens is 2. The van der Waals surface area contributed by atoms with E-state index in [0.717, 1.165) is 4.68 Å². The van der Waals surface area contributed by atoms with E-state index in [2.05, 4.69) is 10.4 Å². The van der Waals surface area contributed by atoms with E-state index in [9.17, 15) is 19.5 Å². The van der Waals surface area contributed by atoms with Crippen LogP contribution in [0.2, 0.25) is 0 Å². The van der Waals surface area contributed by atoms with Crippen LogP contribution in [0.3, 0.4) is 0 Å². The van der Waals surface area contributed by atoms with E-state index in [-0.39, 0.29) is 16.8 Å². The van der Waals surface area contributed by atoms with Crippen molar-refractivity contribution in [3.63, 3.8) is 0 Å². The van der Waals surface area contributed by atoms with Crippen LogP contribution in [-0.2, 0) is 7.05 Å². The highest BCUT2D eigenvalue weighted by atomic mass is 16.4. The summed E-state index contributed by atoms with van der Waals surface area (Å²) in [6.07, 6.45) is 0. The quantitative estimate of drug-likeness (QED) is 0.764. The van der Waals surface area contributed by atoms with Crippen LogP contribution in [0.25, 0.3) is 10.8 Å². The molecule has 3 aromatic rings. The van der Waals surface area contributed by atoms with E-state index in [1.165, 1.54) is 19.2 Å². The molecule has 25 heavy (non-hydrogen) atoms. The summed E-state index contributed by atoms with van der Waals surface area (Å²) in [4.78, 5) is 35.8. The molecule has 3 rings (SSSR count). The highest BCUT2D eigenvalue weighted by Gasteiger charge is 2.16. The number of rotatable bonds is 3. The lowest BCUT2D eigenvalue weighted by Gasteiger charge is -2.12. The van der Waals surface area contributed by atoms with Gasteiger partial charge in [0.1, 0.15) is 0 Å². The number of carboxylic acids is 1. The first-order valence-corrected chi connectivity index (χ1v) is 7.48. The Balaban J connectivity index is 2.07. The Hall–Kier alpha value is -3.48. The van der Waals surface area contributed by atoms with Crippen molar-refractivity contribution >= 4 is 28.3 Å². The van der Waals surface area contributed by atoms with Crippen LogP contribution >= 0.6 is 0 Å². The van der Waals surface area contributed by atoms with E-state index in [4.69, 9.17) is 0 Å². The van der Waals surface area contributed by atoms with Crippen molar-refractivity contribution in [2.24, 2.45) is 7.05 Å². The molecule has 7 nitrogen and oxygen atoms in total. The van der Waals surface area contributed by atoms with Crippen molar-refractivity contribution < 1.29 is 14.7 Å². The molecule has 0 unspecified atom stereocenters. The number of nitrogens with zero attached hydrogens (tertiary/aromatic N) is 2. The Morgan fingerprint density at radius 1 is 1.12 bits per heavy atom. The van der Waals surface area contributed by atoms with E-state index in [1.54, 1.807) is 37.3 Å². The number of anilines is 1. The number of amides is 1. The molecule has 0 aliphatic rings. The zero-order valence-electron chi connectivity index (χ0n) is 13.6. The van der Waals surface area contributed by atoms with Crippen molar-refractivity contribution in [3.8, 4) is 0 Å². The third-order valence-electron chi connectivity index (χ3n) is 3.89. The maximum absolute atomic E-state index is 12.7. The van der Waals surface area contributed by atoms with Crippen molar-refractivity contribution in [2.75, 3.05) is 5.32 Å². The second-order valence-electron chi connectivity index (χ2n) is 5.59. The monoisotopic (exact) mass is 336 g/mol. The number of benzene rings is 2. The Morgan fingerprint density at radius 2 is 1.80 bits per heavy atom.